The highest BCUT2D eigenvalue weighted by molar-refractivity contribution is 7.89. The molecule has 8 heteroatoms. The van der Waals surface area contributed by atoms with E-state index in [2.05, 4.69) is 5.32 Å². The van der Waals surface area contributed by atoms with Gasteiger partial charge in [-0.25, -0.2) is 17.5 Å². The first-order valence-corrected chi connectivity index (χ1v) is 10.1. The van der Waals surface area contributed by atoms with Gasteiger partial charge in [-0.05, 0) is 20.3 Å². The lowest BCUT2D eigenvalue weighted by atomic mass is 9.83. The van der Waals surface area contributed by atoms with Crippen LogP contribution in [-0.2, 0) is 24.3 Å². The second-order valence-electron chi connectivity index (χ2n) is 6.29. The Bertz CT molecular complexity index is 645. The van der Waals surface area contributed by atoms with Crippen LogP contribution < -0.4 is 5.32 Å². The quantitative estimate of drug-likeness (QED) is 0.564. The Labute approximate surface area is 143 Å². The third-order valence-corrected chi connectivity index (χ3v) is 6.64. The number of rotatable bonds is 6. The highest BCUT2D eigenvalue weighted by Gasteiger charge is 2.51. The Morgan fingerprint density at radius 1 is 1.29 bits per heavy atom. The number of unbranched alkanes of at least 4 members (excludes halogenated alkanes) is 1. The molecule has 0 aliphatic carbocycles. The van der Waals surface area contributed by atoms with E-state index in [-0.39, 0.29) is 24.7 Å². The number of sulfonamides is 1. The third kappa shape index (κ3) is 3.49. The number of carbonyl (C=O) groups is 2. The number of hydrogen-bond donors (Lipinski definition) is 1. The van der Waals surface area contributed by atoms with Crippen molar-refractivity contribution in [1.29, 1.82) is 0 Å². The van der Waals surface area contributed by atoms with Crippen molar-refractivity contribution in [2.75, 3.05) is 25.4 Å². The minimum Gasteiger partial charge on any atom is -0.450 e. The van der Waals surface area contributed by atoms with Gasteiger partial charge < -0.3 is 10.1 Å². The van der Waals surface area contributed by atoms with Crippen molar-refractivity contribution < 1.29 is 22.7 Å². The molecule has 0 atom stereocenters. The zero-order chi connectivity index (χ0) is 18.0. The molecule has 1 fully saturated rings. The Hall–Kier alpha value is -1.41. The van der Waals surface area contributed by atoms with Crippen LogP contribution in [0.15, 0.2) is 11.1 Å². The lowest BCUT2D eigenvalue weighted by Crippen LogP contribution is -2.50. The molecule has 7 nitrogen and oxygen atoms in total. The predicted molar refractivity (Wildman–Crippen MR) is 89.7 cm³/mol. The number of carbonyl (C=O) groups excluding carboxylic acids is 2. The first-order valence-electron chi connectivity index (χ1n) is 8.48. The lowest BCUT2D eigenvalue weighted by Gasteiger charge is -2.38. The SMILES string of the molecule is CCCCNC(=O)C1=C(C)C(=O)OC12CCN(S(=O)(=O)CC)CC2. The van der Waals surface area contributed by atoms with Crippen molar-refractivity contribution in [1.82, 2.24) is 9.62 Å². The average Bonchev–Trinajstić information content (AvgIpc) is 2.78. The van der Waals surface area contributed by atoms with E-state index in [0.29, 0.717) is 30.5 Å². The fourth-order valence-electron chi connectivity index (χ4n) is 3.25. The Kier molecular flexibility index (Phi) is 5.70. The molecular formula is C16H26N2O5S. The monoisotopic (exact) mass is 358 g/mol. The van der Waals surface area contributed by atoms with Crippen LogP contribution in [0.5, 0.6) is 0 Å². The third-order valence-electron chi connectivity index (χ3n) is 4.76. The van der Waals surface area contributed by atoms with E-state index in [9.17, 15) is 18.0 Å². The summed E-state index contributed by atoms with van der Waals surface area (Å²) < 4.78 is 31.0. The average molecular weight is 358 g/mol. The molecule has 2 heterocycles. The van der Waals surface area contributed by atoms with E-state index >= 15 is 0 Å². The van der Waals surface area contributed by atoms with Gasteiger partial charge in [0.25, 0.3) is 5.91 Å². The van der Waals surface area contributed by atoms with Crippen LogP contribution >= 0.6 is 0 Å². The topological polar surface area (TPSA) is 92.8 Å². The van der Waals surface area contributed by atoms with Gasteiger partial charge >= 0.3 is 5.97 Å². The van der Waals surface area contributed by atoms with Crippen molar-refractivity contribution in [2.24, 2.45) is 0 Å². The molecule has 2 aliphatic heterocycles. The molecule has 0 aromatic rings. The fraction of sp³-hybridized carbons (Fsp3) is 0.750. The maximum Gasteiger partial charge on any atom is 0.335 e. The number of nitrogens with one attached hydrogen (secondary N) is 1. The second-order valence-corrected chi connectivity index (χ2v) is 8.55. The van der Waals surface area contributed by atoms with Crippen LogP contribution in [0, 0.1) is 0 Å². The molecule has 0 aromatic carbocycles. The van der Waals surface area contributed by atoms with Crippen LogP contribution in [0.4, 0.5) is 0 Å². The normalized spacial score (nSPS) is 21.2. The minimum atomic E-state index is -3.27. The van der Waals surface area contributed by atoms with Crippen LogP contribution in [0.25, 0.3) is 0 Å². The Balaban J connectivity index is 2.18. The minimum absolute atomic E-state index is 0.0407. The summed E-state index contributed by atoms with van der Waals surface area (Å²) in [6.45, 7) is 6.29. The van der Waals surface area contributed by atoms with Crippen LogP contribution in [0.1, 0.15) is 46.5 Å². The Morgan fingerprint density at radius 2 is 1.92 bits per heavy atom. The zero-order valence-corrected chi connectivity index (χ0v) is 15.4. The van der Waals surface area contributed by atoms with Crippen molar-refractivity contribution in [2.45, 2.75) is 52.1 Å². The van der Waals surface area contributed by atoms with Crippen LogP contribution in [0.2, 0.25) is 0 Å². The van der Waals surface area contributed by atoms with Crippen molar-refractivity contribution in [3.05, 3.63) is 11.1 Å². The first-order chi connectivity index (χ1) is 11.3. The molecule has 2 rings (SSSR count). The largest absolute Gasteiger partial charge is 0.450 e. The maximum atomic E-state index is 12.6. The molecule has 2 aliphatic rings. The summed E-state index contributed by atoms with van der Waals surface area (Å²) in [5, 5.41) is 2.84. The predicted octanol–water partition coefficient (Wildman–Crippen LogP) is 0.960. The van der Waals surface area contributed by atoms with Gasteiger partial charge in [0.1, 0.15) is 5.60 Å². The fourth-order valence-corrected chi connectivity index (χ4v) is 4.36. The lowest BCUT2D eigenvalue weighted by molar-refractivity contribution is -0.150. The van der Waals surface area contributed by atoms with Gasteiger partial charge in [-0.15, -0.1) is 0 Å². The molecule has 0 unspecified atom stereocenters. The molecule has 24 heavy (non-hydrogen) atoms. The van der Waals surface area contributed by atoms with E-state index in [1.807, 2.05) is 6.92 Å². The number of piperidine rings is 1. The van der Waals surface area contributed by atoms with E-state index in [4.69, 9.17) is 4.74 Å². The Morgan fingerprint density at radius 3 is 2.46 bits per heavy atom. The summed E-state index contributed by atoms with van der Waals surface area (Å²) in [6, 6.07) is 0. The maximum absolute atomic E-state index is 12.6. The molecule has 1 spiro atoms. The van der Waals surface area contributed by atoms with Gasteiger partial charge in [-0.2, -0.15) is 0 Å². The molecule has 1 saturated heterocycles. The van der Waals surface area contributed by atoms with Gasteiger partial charge in [0.05, 0.1) is 11.3 Å². The molecule has 1 amide bonds. The molecule has 0 saturated carbocycles. The van der Waals surface area contributed by atoms with E-state index in [1.165, 1.54) is 4.31 Å². The van der Waals surface area contributed by atoms with Crippen LogP contribution in [0.3, 0.4) is 0 Å². The van der Waals surface area contributed by atoms with Gasteiger partial charge in [0, 0.05) is 38.0 Å². The van der Waals surface area contributed by atoms with E-state index < -0.39 is 21.6 Å². The molecule has 0 aromatic heterocycles. The van der Waals surface area contributed by atoms with E-state index in [1.54, 1.807) is 13.8 Å². The summed E-state index contributed by atoms with van der Waals surface area (Å²) in [5.74, 6) is -0.722. The summed E-state index contributed by atoms with van der Waals surface area (Å²) >= 11 is 0. The summed E-state index contributed by atoms with van der Waals surface area (Å²) in [7, 11) is -3.27. The smallest absolute Gasteiger partial charge is 0.335 e. The van der Waals surface area contributed by atoms with Crippen LogP contribution in [-0.4, -0.2) is 55.6 Å². The highest BCUT2D eigenvalue weighted by Crippen LogP contribution is 2.41. The standard InChI is InChI=1S/C16H26N2O5S/c1-4-6-9-17-14(19)13-12(3)15(20)23-16(13)7-10-18(11-8-16)24(21,22)5-2/h4-11H2,1-3H3,(H,17,19). The van der Waals surface area contributed by atoms with E-state index in [0.717, 1.165) is 12.8 Å². The molecule has 0 bridgehead atoms. The summed E-state index contributed by atoms with van der Waals surface area (Å²) in [4.78, 5) is 24.6. The van der Waals surface area contributed by atoms with Gasteiger partial charge in [-0.1, -0.05) is 13.3 Å². The number of hydrogen-bond acceptors (Lipinski definition) is 5. The molecule has 136 valence electrons. The van der Waals surface area contributed by atoms with Gasteiger partial charge in [-0.3, -0.25) is 4.79 Å². The summed E-state index contributed by atoms with van der Waals surface area (Å²) in [5.41, 5.74) is -0.287. The number of amides is 1. The first kappa shape index (κ1) is 18.9. The van der Waals surface area contributed by atoms with Crippen molar-refractivity contribution >= 4 is 21.9 Å². The summed E-state index contributed by atoms with van der Waals surface area (Å²) in [6.07, 6.45) is 2.45. The van der Waals surface area contributed by atoms with Gasteiger partial charge in [0.2, 0.25) is 10.0 Å². The van der Waals surface area contributed by atoms with Crippen molar-refractivity contribution in [3.63, 3.8) is 0 Å². The zero-order valence-electron chi connectivity index (χ0n) is 14.6. The molecular weight excluding hydrogens is 332 g/mol. The number of esters is 1. The number of ether oxygens (including phenoxy) is 1. The molecule has 0 radical (unpaired) electrons. The molecule has 1 N–H and O–H groups in total. The van der Waals surface area contributed by atoms with Gasteiger partial charge in [0.15, 0.2) is 0 Å². The van der Waals surface area contributed by atoms with Crippen molar-refractivity contribution in [3.8, 4) is 0 Å². The number of nitrogens with zero attached hydrogens (tertiary/aromatic N) is 1. The second kappa shape index (κ2) is 7.23. The highest BCUT2D eigenvalue weighted by atomic mass is 32.2.